The van der Waals surface area contributed by atoms with Crippen LogP contribution in [0.3, 0.4) is 0 Å². The summed E-state index contributed by atoms with van der Waals surface area (Å²) in [6, 6.07) is 9.06. The number of benzene rings is 1. The van der Waals surface area contributed by atoms with Crippen LogP contribution in [0.25, 0.3) is 0 Å². The van der Waals surface area contributed by atoms with Crippen molar-refractivity contribution in [2.45, 2.75) is 13.0 Å². The van der Waals surface area contributed by atoms with Crippen molar-refractivity contribution in [3.63, 3.8) is 0 Å². The third kappa shape index (κ3) is 3.49. The molecule has 6 heteroatoms. The molecule has 20 heavy (non-hydrogen) atoms. The maximum absolute atomic E-state index is 12.2. The second-order valence-corrected chi connectivity index (χ2v) is 5.64. The van der Waals surface area contributed by atoms with E-state index in [4.69, 9.17) is 17.3 Å². The minimum atomic E-state index is -0.276. The van der Waals surface area contributed by atoms with Crippen molar-refractivity contribution >= 4 is 39.1 Å². The predicted molar refractivity (Wildman–Crippen MR) is 83.7 cm³/mol. The first-order chi connectivity index (χ1) is 9.47. The van der Waals surface area contributed by atoms with Crippen LogP contribution in [0, 0.1) is 0 Å². The van der Waals surface area contributed by atoms with Crippen LogP contribution in [0.15, 0.2) is 41.0 Å². The molecule has 0 saturated heterocycles. The van der Waals surface area contributed by atoms with Gasteiger partial charge in [0.15, 0.2) is 0 Å². The lowest BCUT2D eigenvalue weighted by molar-refractivity contribution is 0.0940. The zero-order valence-corrected chi connectivity index (χ0v) is 13.1. The van der Waals surface area contributed by atoms with E-state index in [1.165, 1.54) is 12.3 Å². The molecular formula is C14H13BrClN3O. The number of carbonyl (C=O) groups is 1. The Bertz CT molecular complexity index is 631. The number of aromatic nitrogens is 1. The molecule has 104 valence electrons. The lowest BCUT2D eigenvalue weighted by Crippen LogP contribution is -2.27. The zero-order chi connectivity index (χ0) is 14.7. The van der Waals surface area contributed by atoms with E-state index in [0.717, 1.165) is 10.0 Å². The van der Waals surface area contributed by atoms with Crippen LogP contribution in [0.1, 0.15) is 28.9 Å². The smallest absolute Gasteiger partial charge is 0.254 e. The van der Waals surface area contributed by atoms with Crippen molar-refractivity contribution in [3.05, 3.63) is 57.3 Å². The maximum Gasteiger partial charge on any atom is 0.254 e. The summed E-state index contributed by atoms with van der Waals surface area (Å²) in [6.07, 6.45) is 1.38. The maximum atomic E-state index is 12.2. The molecule has 1 aromatic carbocycles. The van der Waals surface area contributed by atoms with Crippen LogP contribution in [0.4, 0.5) is 5.69 Å². The highest BCUT2D eigenvalue weighted by atomic mass is 79.9. The largest absolute Gasteiger partial charge is 0.397 e. The molecule has 0 saturated carbocycles. The number of pyridine rings is 1. The van der Waals surface area contributed by atoms with Gasteiger partial charge in [-0.2, -0.15) is 0 Å². The Morgan fingerprint density at radius 2 is 2.05 bits per heavy atom. The number of hydrogen-bond acceptors (Lipinski definition) is 3. The highest BCUT2D eigenvalue weighted by Gasteiger charge is 2.14. The van der Waals surface area contributed by atoms with Crippen LogP contribution in [0.5, 0.6) is 0 Å². The van der Waals surface area contributed by atoms with Crippen LogP contribution in [-0.4, -0.2) is 10.9 Å². The first kappa shape index (κ1) is 14.8. The van der Waals surface area contributed by atoms with E-state index in [9.17, 15) is 4.79 Å². The van der Waals surface area contributed by atoms with Crippen LogP contribution < -0.4 is 11.1 Å². The topological polar surface area (TPSA) is 68.0 Å². The molecule has 0 radical (unpaired) electrons. The summed E-state index contributed by atoms with van der Waals surface area (Å²) in [5.41, 5.74) is 7.37. The summed E-state index contributed by atoms with van der Waals surface area (Å²) in [5.74, 6) is -0.276. The molecule has 4 nitrogen and oxygen atoms in total. The van der Waals surface area contributed by atoms with Crippen molar-refractivity contribution in [2.75, 3.05) is 5.73 Å². The Hall–Kier alpha value is -1.59. The van der Waals surface area contributed by atoms with Gasteiger partial charge in [0, 0.05) is 4.47 Å². The zero-order valence-electron chi connectivity index (χ0n) is 10.7. The first-order valence-corrected chi connectivity index (χ1v) is 7.12. The number of carbonyl (C=O) groups excluding carboxylic acids is 1. The van der Waals surface area contributed by atoms with Gasteiger partial charge in [0.05, 0.1) is 23.5 Å². The van der Waals surface area contributed by atoms with E-state index in [1.54, 1.807) is 0 Å². The fourth-order valence-corrected chi connectivity index (χ4v) is 2.17. The summed E-state index contributed by atoms with van der Waals surface area (Å²) in [6.45, 7) is 1.90. The summed E-state index contributed by atoms with van der Waals surface area (Å²) in [5, 5.41) is 3.12. The van der Waals surface area contributed by atoms with Gasteiger partial charge in [0.1, 0.15) is 5.15 Å². The van der Waals surface area contributed by atoms with Crippen molar-refractivity contribution < 1.29 is 4.79 Å². The van der Waals surface area contributed by atoms with Crippen molar-refractivity contribution in [3.8, 4) is 0 Å². The summed E-state index contributed by atoms with van der Waals surface area (Å²) in [4.78, 5) is 16.0. The molecule has 1 heterocycles. The highest BCUT2D eigenvalue weighted by Crippen LogP contribution is 2.19. The van der Waals surface area contributed by atoms with Gasteiger partial charge in [-0.1, -0.05) is 39.7 Å². The van der Waals surface area contributed by atoms with Gasteiger partial charge in [-0.25, -0.2) is 4.98 Å². The summed E-state index contributed by atoms with van der Waals surface area (Å²) in [7, 11) is 0. The van der Waals surface area contributed by atoms with Crippen LogP contribution in [-0.2, 0) is 0 Å². The number of nitrogens with zero attached hydrogens (tertiary/aromatic N) is 1. The second-order valence-electron chi connectivity index (χ2n) is 4.34. The van der Waals surface area contributed by atoms with E-state index >= 15 is 0 Å². The molecule has 0 aliphatic carbocycles. The number of halogens is 2. The molecule has 0 bridgehead atoms. The quantitative estimate of drug-likeness (QED) is 0.828. The molecule has 0 aliphatic heterocycles. The number of nitrogen functional groups attached to an aromatic ring is 1. The van der Waals surface area contributed by atoms with Crippen molar-refractivity contribution in [1.82, 2.24) is 10.3 Å². The fourth-order valence-electron chi connectivity index (χ4n) is 1.75. The molecule has 2 rings (SSSR count). The SMILES string of the molecule is C[C@H](NC(=O)c1cc(Cl)ncc1N)c1ccc(Br)cc1. The molecule has 1 aromatic heterocycles. The molecular weight excluding hydrogens is 342 g/mol. The number of hydrogen-bond donors (Lipinski definition) is 2. The molecule has 3 N–H and O–H groups in total. The van der Waals surface area contributed by atoms with E-state index in [-0.39, 0.29) is 17.1 Å². The molecule has 1 atom stereocenters. The van der Waals surface area contributed by atoms with Gasteiger partial charge in [-0.3, -0.25) is 4.79 Å². The van der Waals surface area contributed by atoms with Gasteiger partial charge in [-0.05, 0) is 30.7 Å². The van der Waals surface area contributed by atoms with E-state index in [2.05, 4.69) is 26.2 Å². The highest BCUT2D eigenvalue weighted by molar-refractivity contribution is 9.10. The van der Waals surface area contributed by atoms with E-state index in [1.807, 2.05) is 31.2 Å². The lowest BCUT2D eigenvalue weighted by atomic mass is 10.1. The number of anilines is 1. The normalized spacial score (nSPS) is 11.9. The van der Waals surface area contributed by atoms with Gasteiger partial charge in [0.25, 0.3) is 5.91 Å². The Morgan fingerprint density at radius 3 is 2.70 bits per heavy atom. The molecule has 0 unspecified atom stereocenters. The third-order valence-electron chi connectivity index (χ3n) is 2.86. The predicted octanol–water partition coefficient (Wildman–Crippen LogP) is 3.57. The number of nitrogens with one attached hydrogen (secondary N) is 1. The number of rotatable bonds is 3. The monoisotopic (exact) mass is 353 g/mol. The molecule has 0 aliphatic rings. The van der Waals surface area contributed by atoms with Gasteiger partial charge >= 0.3 is 0 Å². The van der Waals surface area contributed by atoms with Crippen LogP contribution >= 0.6 is 27.5 Å². The molecule has 1 amide bonds. The lowest BCUT2D eigenvalue weighted by Gasteiger charge is -2.15. The minimum absolute atomic E-state index is 0.137. The van der Waals surface area contributed by atoms with Crippen molar-refractivity contribution in [2.24, 2.45) is 0 Å². The summed E-state index contributed by atoms with van der Waals surface area (Å²) < 4.78 is 0.991. The standard InChI is InChI=1S/C14H13BrClN3O/c1-8(9-2-4-10(15)5-3-9)19-14(20)11-6-13(16)18-7-12(11)17/h2-8H,17H2,1H3,(H,19,20)/t8-/m0/s1. The van der Waals surface area contributed by atoms with E-state index in [0.29, 0.717) is 11.3 Å². The minimum Gasteiger partial charge on any atom is -0.397 e. The Morgan fingerprint density at radius 1 is 1.40 bits per heavy atom. The van der Waals surface area contributed by atoms with Gasteiger partial charge < -0.3 is 11.1 Å². The van der Waals surface area contributed by atoms with Gasteiger partial charge in [0.2, 0.25) is 0 Å². The molecule has 0 spiro atoms. The van der Waals surface area contributed by atoms with Crippen LogP contribution in [0.2, 0.25) is 5.15 Å². The number of amides is 1. The average Bonchev–Trinajstić information content (AvgIpc) is 2.42. The second kappa shape index (κ2) is 6.24. The summed E-state index contributed by atoms with van der Waals surface area (Å²) >= 11 is 9.15. The van der Waals surface area contributed by atoms with Crippen molar-refractivity contribution in [1.29, 1.82) is 0 Å². The van der Waals surface area contributed by atoms with E-state index < -0.39 is 0 Å². The molecule has 2 aromatic rings. The fraction of sp³-hybridized carbons (Fsp3) is 0.143. The number of nitrogens with two attached hydrogens (primary N) is 1. The van der Waals surface area contributed by atoms with Gasteiger partial charge in [-0.15, -0.1) is 0 Å². The Balaban J connectivity index is 2.15. The third-order valence-corrected chi connectivity index (χ3v) is 3.60. The average molecular weight is 355 g/mol. The Kier molecular flexibility index (Phi) is 4.62. The Labute approximate surface area is 130 Å². The molecule has 0 fully saturated rings. The first-order valence-electron chi connectivity index (χ1n) is 5.94.